The van der Waals surface area contributed by atoms with E-state index in [-0.39, 0.29) is 23.4 Å². The molecule has 0 bridgehead atoms. The number of rotatable bonds is 8. The smallest absolute Gasteiger partial charge is 0.344 e. The van der Waals surface area contributed by atoms with E-state index in [1.54, 1.807) is 6.92 Å². The second-order valence-electron chi connectivity index (χ2n) is 9.12. The molecule has 3 aromatic rings. The van der Waals surface area contributed by atoms with Crippen LogP contribution in [0.4, 0.5) is 0 Å². The van der Waals surface area contributed by atoms with Gasteiger partial charge < -0.3 is 23.7 Å². The summed E-state index contributed by atoms with van der Waals surface area (Å²) in [5.74, 6) is -1.39. The Morgan fingerprint density at radius 3 is 2.58 bits per heavy atom. The fourth-order valence-corrected chi connectivity index (χ4v) is 5.79. The zero-order chi connectivity index (χ0) is 27.0. The summed E-state index contributed by atoms with van der Waals surface area (Å²) in [5.41, 5.74) is 2.22. The summed E-state index contributed by atoms with van der Waals surface area (Å²) < 4.78 is 31.9. The molecule has 10 nitrogen and oxygen atoms in total. The van der Waals surface area contributed by atoms with E-state index < -0.39 is 36.4 Å². The normalized spacial score (nSPS) is 23.9. The Hall–Kier alpha value is -2.66. The largest absolute Gasteiger partial charge is 0.462 e. The first-order chi connectivity index (χ1) is 18.3. The van der Waals surface area contributed by atoms with Crippen LogP contribution < -0.4 is 0 Å². The number of esters is 1. The lowest BCUT2D eigenvalue weighted by atomic mass is 10.0. The highest BCUT2D eigenvalue weighted by atomic mass is 32.2. The predicted octanol–water partition coefficient (Wildman–Crippen LogP) is 4.36. The van der Waals surface area contributed by atoms with Gasteiger partial charge in [-0.3, -0.25) is 0 Å². The Morgan fingerprint density at radius 2 is 1.92 bits per heavy atom. The van der Waals surface area contributed by atoms with Crippen molar-refractivity contribution in [3.05, 3.63) is 52.7 Å². The average Bonchev–Trinajstić information content (AvgIpc) is 3.53. The summed E-state index contributed by atoms with van der Waals surface area (Å²) in [6, 6.07) is 12.0. The predicted molar refractivity (Wildman–Crippen MR) is 140 cm³/mol. The summed E-state index contributed by atoms with van der Waals surface area (Å²) in [6.07, 6.45) is 0.941. The highest BCUT2D eigenvalue weighted by Gasteiger charge is 2.57. The van der Waals surface area contributed by atoms with Gasteiger partial charge in [0.05, 0.1) is 18.9 Å². The van der Waals surface area contributed by atoms with E-state index >= 15 is 0 Å². The lowest BCUT2D eigenvalue weighted by Crippen LogP contribution is -2.34. The van der Waals surface area contributed by atoms with Gasteiger partial charge in [-0.25, -0.2) is 14.3 Å². The van der Waals surface area contributed by atoms with Crippen LogP contribution in [0.5, 0.6) is 0 Å². The Labute approximate surface area is 228 Å². The number of carbonyl (C=O) groups excluding carboxylic acids is 1. The number of fused-ring (bicyclic) bond motifs is 2. The zero-order valence-corrected chi connectivity index (χ0v) is 23.3. The molecule has 2 aliphatic heterocycles. The summed E-state index contributed by atoms with van der Waals surface area (Å²) in [7, 11) is 0. The molecule has 2 aliphatic rings. The third kappa shape index (κ3) is 4.79. The van der Waals surface area contributed by atoms with Gasteiger partial charge in [0, 0.05) is 0 Å². The van der Waals surface area contributed by atoms with Crippen LogP contribution in [0, 0.1) is 11.3 Å². The Balaban J connectivity index is 1.66. The van der Waals surface area contributed by atoms with Gasteiger partial charge in [0.25, 0.3) is 0 Å². The third-order valence-corrected chi connectivity index (χ3v) is 7.61. The lowest BCUT2D eigenvalue weighted by Gasteiger charge is -2.27. The molecule has 0 aliphatic carbocycles. The molecule has 0 unspecified atom stereocenters. The number of nitrogens with zero attached hydrogens (tertiary/aromatic N) is 4. The maximum atomic E-state index is 12.9. The number of nitriles is 1. The first-order valence-electron chi connectivity index (χ1n) is 12.1. The van der Waals surface area contributed by atoms with Crippen molar-refractivity contribution < 1.29 is 28.5 Å². The van der Waals surface area contributed by atoms with E-state index in [1.807, 2.05) is 56.7 Å². The van der Waals surface area contributed by atoms with Crippen molar-refractivity contribution in [2.75, 3.05) is 19.1 Å². The number of ether oxygens (including phenoxy) is 5. The number of thioether (sulfide) groups is 2. The maximum Gasteiger partial charge on any atom is 0.344 e. The lowest BCUT2D eigenvalue weighted by molar-refractivity contribution is -0.221. The molecule has 12 heteroatoms. The second-order valence-corrected chi connectivity index (χ2v) is 10.7. The molecule has 0 saturated carbocycles. The van der Waals surface area contributed by atoms with Gasteiger partial charge in [0.2, 0.25) is 0 Å². The fourth-order valence-electron chi connectivity index (χ4n) is 4.72. The Morgan fingerprint density at radius 1 is 1.18 bits per heavy atom. The minimum Gasteiger partial charge on any atom is -0.462 e. The third-order valence-electron chi connectivity index (χ3n) is 6.26. The monoisotopic (exact) mass is 556 g/mol. The molecular formula is C26H28N4O6S2. The van der Waals surface area contributed by atoms with Gasteiger partial charge in [-0.05, 0) is 38.8 Å². The Bertz CT molecular complexity index is 1390. The molecule has 0 radical (unpaired) electrons. The summed E-state index contributed by atoms with van der Waals surface area (Å²) in [6.45, 7) is 5.88. The average molecular weight is 557 g/mol. The number of aromatic nitrogens is 3. The molecule has 4 atom stereocenters. The molecular weight excluding hydrogens is 528 g/mol. The van der Waals surface area contributed by atoms with E-state index in [2.05, 4.69) is 16.2 Å². The van der Waals surface area contributed by atoms with Gasteiger partial charge in [-0.2, -0.15) is 10.4 Å². The molecule has 2 fully saturated rings. The molecule has 0 spiro atoms. The number of benzene rings is 1. The standard InChI is InChI=1S/C26H28N4O6S2/c1-6-32-24(31)16-21-28-22(37-4)15(12-27)17(30(21)29-23(16)38-5)18-19(33-13-14-10-8-7-9-11-14)20-25(34-18)36-26(2,3)35-20/h7-11,18-20,25H,6,13H2,1-5H3/t18-,19+,20-,25-/m1/s1. The molecule has 0 amide bonds. The fraction of sp³-hybridized carbons (Fsp3) is 0.462. The quantitative estimate of drug-likeness (QED) is 0.224. The van der Waals surface area contributed by atoms with Crippen LogP contribution in [-0.4, -0.2) is 64.0 Å². The topological polar surface area (TPSA) is 117 Å². The number of carbonyl (C=O) groups is 1. The van der Waals surface area contributed by atoms with Gasteiger partial charge in [0.15, 0.2) is 17.7 Å². The first kappa shape index (κ1) is 26.9. The highest BCUT2D eigenvalue weighted by Crippen LogP contribution is 2.46. The van der Waals surface area contributed by atoms with Crippen LogP contribution >= 0.6 is 23.5 Å². The first-order valence-corrected chi connectivity index (χ1v) is 14.5. The molecule has 38 heavy (non-hydrogen) atoms. The van der Waals surface area contributed by atoms with E-state index in [0.29, 0.717) is 22.4 Å². The highest BCUT2D eigenvalue weighted by molar-refractivity contribution is 7.98. The van der Waals surface area contributed by atoms with Crippen molar-refractivity contribution in [2.45, 2.75) is 67.8 Å². The minimum absolute atomic E-state index is 0.206. The van der Waals surface area contributed by atoms with Crippen LogP contribution in [0.15, 0.2) is 40.4 Å². The van der Waals surface area contributed by atoms with Crippen molar-refractivity contribution in [1.82, 2.24) is 14.6 Å². The summed E-state index contributed by atoms with van der Waals surface area (Å²) in [4.78, 5) is 17.6. The molecule has 0 N–H and O–H groups in total. The van der Waals surface area contributed by atoms with Gasteiger partial charge in [-0.1, -0.05) is 30.3 Å². The van der Waals surface area contributed by atoms with Crippen molar-refractivity contribution in [2.24, 2.45) is 0 Å². The van der Waals surface area contributed by atoms with Crippen LogP contribution in [-0.2, 0) is 30.3 Å². The van der Waals surface area contributed by atoms with E-state index in [1.165, 1.54) is 28.0 Å². The van der Waals surface area contributed by atoms with Gasteiger partial charge >= 0.3 is 5.97 Å². The van der Waals surface area contributed by atoms with E-state index in [0.717, 1.165) is 5.56 Å². The van der Waals surface area contributed by atoms with Gasteiger partial charge in [0.1, 0.15) is 45.6 Å². The van der Waals surface area contributed by atoms with Gasteiger partial charge in [-0.15, -0.1) is 23.5 Å². The SMILES string of the molecule is CCOC(=O)c1c(SC)nn2c([C@H]3O[C@@H]4OC(C)(C)O[C@@H]4[C@H]3OCc3ccccc3)c(C#N)c(SC)nc12. The van der Waals surface area contributed by atoms with Crippen LogP contribution in [0.2, 0.25) is 0 Å². The zero-order valence-electron chi connectivity index (χ0n) is 21.7. The summed E-state index contributed by atoms with van der Waals surface area (Å²) in [5, 5.41) is 15.8. The van der Waals surface area contributed by atoms with E-state index in [4.69, 9.17) is 23.7 Å². The minimum atomic E-state index is -0.862. The van der Waals surface area contributed by atoms with Crippen molar-refractivity contribution >= 4 is 35.1 Å². The molecule has 4 heterocycles. The van der Waals surface area contributed by atoms with Crippen LogP contribution in [0.1, 0.15) is 54.1 Å². The van der Waals surface area contributed by atoms with Crippen molar-refractivity contribution in [3.8, 4) is 6.07 Å². The second kappa shape index (κ2) is 10.8. The molecule has 2 aromatic heterocycles. The summed E-state index contributed by atoms with van der Waals surface area (Å²) >= 11 is 2.59. The molecule has 1 aromatic carbocycles. The Kier molecular flexibility index (Phi) is 7.68. The molecule has 200 valence electrons. The van der Waals surface area contributed by atoms with Crippen molar-refractivity contribution in [1.29, 1.82) is 5.26 Å². The number of hydrogen-bond donors (Lipinski definition) is 0. The molecule has 5 rings (SSSR count). The molecule has 2 saturated heterocycles. The van der Waals surface area contributed by atoms with E-state index in [9.17, 15) is 10.1 Å². The number of hydrogen-bond acceptors (Lipinski definition) is 11. The maximum absolute atomic E-state index is 12.9. The van der Waals surface area contributed by atoms with Crippen LogP contribution in [0.3, 0.4) is 0 Å². The van der Waals surface area contributed by atoms with Crippen LogP contribution in [0.25, 0.3) is 5.65 Å². The van der Waals surface area contributed by atoms with Crippen molar-refractivity contribution in [3.63, 3.8) is 0 Å².